The quantitative estimate of drug-likeness (QED) is 0.733. The Kier molecular flexibility index (Phi) is 5.82. The molecule has 1 atom stereocenters. The van der Waals surface area contributed by atoms with E-state index in [-0.39, 0.29) is 0 Å². The molecule has 0 aliphatic rings. The molecule has 2 aromatic carbocycles. The van der Waals surface area contributed by atoms with Crippen LogP contribution in [0.15, 0.2) is 48.5 Å². The molecule has 112 valence electrons. The third-order valence-corrected chi connectivity index (χ3v) is 3.96. The molecule has 2 nitrogen and oxygen atoms in total. The van der Waals surface area contributed by atoms with E-state index < -0.39 is 0 Å². The third-order valence-electron chi connectivity index (χ3n) is 3.96. The van der Waals surface area contributed by atoms with Gasteiger partial charge in [-0.15, -0.1) is 0 Å². The number of nitrogens with one attached hydrogen (secondary N) is 2. The van der Waals surface area contributed by atoms with E-state index in [0.29, 0.717) is 6.04 Å². The summed E-state index contributed by atoms with van der Waals surface area (Å²) in [7, 11) is 0. The van der Waals surface area contributed by atoms with Crippen molar-refractivity contribution in [3.8, 4) is 0 Å². The Morgan fingerprint density at radius 1 is 0.905 bits per heavy atom. The van der Waals surface area contributed by atoms with Crippen molar-refractivity contribution in [2.75, 3.05) is 18.4 Å². The van der Waals surface area contributed by atoms with E-state index in [1.165, 1.54) is 22.4 Å². The molecule has 0 aliphatic heterocycles. The first-order chi connectivity index (χ1) is 10.2. The third kappa shape index (κ3) is 4.61. The second-order valence-corrected chi connectivity index (χ2v) is 5.55. The molecule has 0 aromatic heterocycles. The maximum Gasteiger partial charge on any atom is 0.0343 e. The molecule has 21 heavy (non-hydrogen) atoms. The van der Waals surface area contributed by atoms with Crippen LogP contribution in [-0.4, -0.2) is 13.1 Å². The highest BCUT2D eigenvalue weighted by atomic mass is 15.0. The molecule has 0 fully saturated rings. The molecule has 0 amide bonds. The van der Waals surface area contributed by atoms with Crippen molar-refractivity contribution >= 4 is 5.69 Å². The van der Waals surface area contributed by atoms with Crippen LogP contribution in [0.25, 0.3) is 0 Å². The van der Waals surface area contributed by atoms with Crippen LogP contribution in [0.4, 0.5) is 5.69 Å². The molecule has 2 rings (SSSR count). The minimum absolute atomic E-state index is 0.438. The van der Waals surface area contributed by atoms with E-state index in [1.807, 2.05) is 0 Å². The first-order valence-electron chi connectivity index (χ1n) is 7.80. The van der Waals surface area contributed by atoms with Crippen LogP contribution in [0.1, 0.15) is 36.1 Å². The second kappa shape index (κ2) is 7.84. The smallest absolute Gasteiger partial charge is 0.0343 e. The number of anilines is 1. The maximum absolute atomic E-state index is 3.62. The van der Waals surface area contributed by atoms with Crippen LogP contribution < -0.4 is 10.6 Å². The van der Waals surface area contributed by atoms with Crippen molar-refractivity contribution in [2.45, 2.75) is 33.2 Å². The van der Waals surface area contributed by atoms with Crippen LogP contribution >= 0.6 is 0 Å². The topological polar surface area (TPSA) is 24.1 Å². The first-order valence-corrected chi connectivity index (χ1v) is 7.80. The number of rotatable bonds is 7. The van der Waals surface area contributed by atoms with Gasteiger partial charge in [0, 0.05) is 24.8 Å². The van der Waals surface area contributed by atoms with Gasteiger partial charge < -0.3 is 10.6 Å². The highest BCUT2D eigenvalue weighted by Gasteiger charge is 2.06. The van der Waals surface area contributed by atoms with Crippen LogP contribution in [0, 0.1) is 13.8 Å². The van der Waals surface area contributed by atoms with Gasteiger partial charge in [-0.05, 0) is 49.1 Å². The average molecular weight is 282 g/mol. The fourth-order valence-electron chi connectivity index (χ4n) is 2.49. The molecule has 2 aromatic rings. The minimum Gasteiger partial charge on any atom is -0.384 e. The van der Waals surface area contributed by atoms with Gasteiger partial charge in [-0.1, -0.05) is 43.3 Å². The Bertz CT molecular complexity index is 549. The van der Waals surface area contributed by atoms with Gasteiger partial charge in [-0.3, -0.25) is 0 Å². The van der Waals surface area contributed by atoms with Gasteiger partial charge in [0.1, 0.15) is 0 Å². The van der Waals surface area contributed by atoms with Crippen molar-refractivity contribution in [1.29, 1.82) is 0 Å². The van der Waals surface area contributed by atoms with Crippen LogP contribution in [-0.2, 0) is 0 Å². The van der Waals surface area contributed by atoms with Crippen molar-refractivity contribution < 1.29 is 0 Å². The molecule has 0 bridgehead atoms. The van der Waals surface area contributed by atoms with Crippen molar-refractivity contribution in [2.24, 2.45) is 0 Å². The van der Waals surface area contributed by atoms with Crippen LogP contribution in [0.2, 0.25) is 0 Å². The van der Waals surface area contributed by atoms with Gasteiger partial charge in [0.15, 0.2) is 0 Å². The van der Waals surface area contributed by atoms with Gasteiger partial charge in [-0.25, -0.2) is 0 Å². The number of benzene rings is 2. The highest BCUT2D eigenvalue weighted by Crippen LogP contribution is 2.16. The first kappa shape index (κ1) is 15.6. The van der Waals surface area contributed by atoms with E-state index in [0.717, 1.165) is 19.5 Å². The standard InChI is InChI=1S/C19H26N2/c1-4-19(17-8-6-5-7-9-17)21-13-12-20-18-11-10-15(2)16(3)14-18/h5-11,14,19-21H,4,12-13H2,1-3H3. The summed E-state index contributed by atoms with van der Waals surface area (Å²) in [6.45, 7) is 8.42. The fraction of sp³-hybridized carbons (Fsp3) is 0.368. The monoisotopic (exact) mass is 282 g/mol. The molecule has 0 radical (unpaired) electrons. The van der Waals surface area contributed by atoms with Gasteiger partial charge in [0.25, 0.3) is 0 Å². The Labute approximate surface area is 128 Å². The second-order valence-electron chi connectivity index (χ2n) is 5.55. The van der Waals surface area contributed by atoms with Crippen molar-refractivity contribution in [3.05, 3.63) is 65.2 Å². The lowest BCUT2D eigenvalue weighted by atomic mass is 10.0. The Balaban J connectivity index is 1.79. The maximum atomic E-state index is 3.62. The van der Waals surface area contributed by atoms with Gasteiger partial charge in [-0.2, -0.15) is 0 Å². The van der Waals surface area contributed by atoms with E-state index in [2.05, 4.69) is 79.9 Å². The summed E-state index contributed by atoms with van der Waals surface area (Å²) in [5.74, 6) is 0. The van der Waals surface area contributed by atoms with Crippen molar-refractivity contribution in [3.63, 3.8) is 0 Å². The SMILES string of the molecule is CCC(NCCNc1ccc(C)c(C)c1)c1ccccc1. The molecule has 0 saturated carbocycles. The summed E-state index contributed by atoms with van der Waals surface area (Å²) < 4.78 is 0. The van der Waals surface area contributed by atoms with Crippen LogP contribution in [0.3, 0.4) is 0 Å². The summed E-state index contributed by atoms with van der Waals surface area (Å²) in [6.07, 6.45) is 1.10. The molecule has 0 heterocycles. The van der Waals surface area contributed by atoms with Gasteiger partial charge in [0.2, 0.25) is 0 Å². The zero-order valence-electron chi connectivity index (χ0n) is 13.3. The normalized spacial score (nSPS) is 12.1. The summed E-state index contributed by atoms with van der Waals surface area (Å²) >= 11 is 0. The predicted molar refractivity (Wildman–Crippen MR) is 91.9 cm³/mol. The zero-order valence-corrected chi connectivity index (χ0v) is 13.3. The van der Waals surface area contributed by atoms with E-state index in [4.69, 9.17) is 0 Å². The zero-order chi connectivity index (χ0) is 15.1. The van der Waals surface area contributed by atoms with Gasteiger partial charge in [0.05, 0.1) is 0 Å². The van der Waals surface area contributed by atoms with Crippen molar-refractivity contribution in [1.82, 2.24) is 5.32 Å². The molecular formula is C19H26N2. The summed E-state index contributed by atoms with van der Waals surface area (Å²) in [4.78, 5) is 0. The summed E-state index contributed by atoms with van der Waals surface area (Å²) in [6, 6.07) is 17.6. The molecule has 0 aliphatic carbocycles. The molecule has 1 unspecified atom stereocenters. The minimum atomic E-state index is 0.438. The Hall–Kier alpha value is -1.80. The van der Waals surface area contributed by atoms with E-state index >= 15 is 0 Å². The Morgan fingerprint density at radius 3 is 2.33 bits per heavy atom. The molecule has 2 N–H and O–H groups in total. The largest absolute Gasteiger partial charge is 0.384 e. The lowest BCUT2D eigenvalue weighted by Gasteiger charge is -2.18. The molecule has 0 spiro atoms. The summed E-state index contributed by atoms with van der Waals surface area (Å²) in [5, 5.41) is 7.10. The number of hydrogen-bond acceptors (Lipinski definition) is 2. The predicted octanol–water partition coefficient (Wildman–Crippen LogP) is 4.46. The fourth-order valence-corrected chi connectivity index (χ4v) is 2.49. The van der Waals surface area contributed by atoms with E-state index in [9.17, 15) is 0 Å². The lowest BCUT2D eigenvalue weighted by Crippen LogP contribution is -2.26. The highest BCUT2D eigenvalue weighted by molar-refractivity contribution is 5.48. The van der Waals surface area contributed by atoms with Gasteiger partial charge >= 0.3 is 0 Å². The molecular weight excluding hydrogens is 256 g/mol. The summed E-state index contributed by atoms with van der Waals surface area (Å²) in [5.41, 5.74) is 5.25. The number of hydrogen-bond donors (Lipinski definition) is 2. The average Bonchev–Trinajstić information content (AvgIpc) is 2.52. The lowest BCUT2D eigenvalue weighted by molar-refractivity contribution is 0.531. The molecule has 0 saturated heterocycles. The number of aryl methyl sites for hydroxylation is 2. The van der Waals surface area contributed by atoms with Crippen LogP contribution in [0.5, 0.6) is 0 Å². The Morgan fingerprint density at radius 2 is 1.67 bits per heavy atom. The molecule has 2 heteroatoms. The van der Waals surface area contributed by atoms with E-state index in [1.54, 1.807) is 0 Å².